The number of nitrogens with one attached hydrogen (secondary N) is 1. The van der Waals surface area contributed by atoms with Crippen molar-refractivity contribution >= 4 is 11.9 Å². The smallest absolute Gasteiger partial charge is 0.305 e. The third-order valence-corrected chi connectivity index (χ3v) is 16.8. The first kappa shape index (κ1) is 75.6. The highest BCUT2D eigenvalue weighted by Crippen LogP contribution is 2.19. The van der Waals surface area contributed by atoms with Crippen LogP contribution in [-0.2, 0) is 14.3 Å². The van der Waals surface area contributed by atoms with Crippen molar-refractivity contribution in [2.24, 2.45) is 0 Å². The van der Waals surface area contributed by atoms with Crippen molar-refractivity contribution in [3.63, 3.8) is 0 Å². The molecule has 6 heteroatoms. The number of ether oxygens (including phenoxy) is 1. The van der Waals surface area contributed by atoms with Crippen molar-refractivity contribution in [2.45, 2.75) is 418 Å². The van der Waals surface area contributed by atoms with Gasteiger partial charge in [0.1, 0.15) is 0 Å². The van der Waals surface area contributed by atoms with Gasteiger partial charge in [-0.3, -0.25) is 9.59 Å². The van der Waals surface area contributed by atoms with Gasteiger partial charge < -0.3 is 20.3 Å². The molecule has 0 rings (SSSR count). The van der Waals surface area contributed by atoms with Crippen LogP contribution in [0.5, 0.6) is 0 Å². The third-order valence-electron chi connectivity index (χ3n) is 16.8. The maximum absolute atomic E-state index is 12.5. The monoisotopic (exact) mass is 1090 g/mol. The van der Waals surface area contributed by atoms with Crippen LogP contribution in [0, 0.1) is 0 Å². The van der Waals surface area contributed by atoms with E-state index < -0.39 is 12.1 Å². The third kappa shape index (κ3) is 63.6. The summed E-state index contributed by atoms with van der Waals surface area (Å²) >= 11 is 0. The number of carbonyl (C=O) groups is 2. The van der Waals surface area contributed by atoms with E-state index >= 15 is 0 Å². The second-order valence-corrected chi connectivity index (χ2v) is 24.6. The Morgan fingerprint density at radius 2 is 0.610 bits per heavy atom. The molecular weight excluding hydrogens is 947 g/mol. The molecule has 0 heterocycles. The minimum Gasteiger partial charge on any atom is -0.466 e. The molecule has 0 radical (unpaired) electrons. The Kier molecular flexibility index (Phi) is 65.9. The summed E-state index contributed by atoms with van der Waals surface area (Å²) in [6.45, 7) is 5.00. The molecule has 2 unspecified atom stereocenters. The first-order valence-electron chi connectivity index (χ1n) is 35.4. The number of rotatable bonds is 67. The van der Waals surface area contributed by atoms with Gasteiger partial charge in [0.2, 0.25) is 5.91 Å². The molecule has 0 aliphatic rings. The molecule has 0 aromatic heterocycles. The van der Waals surface area contributed by atoms with Crippen LogP contribution in [0.1, 0.15) is 406 Å². The van der Waals surface area contributed by atoms with E-state index in [1.54, 1.807) is 0 Å². The molecule has 458 valence electrons. The van der Waals surface area contributed by atoms with Gasteiger partial charge in [0.05, 0.1) is 25.4 Å². The summed E-state index contributed by atoms with van der Waals surface area (Å²) in [7, 11) is 0. The van der Waals surface area contributed by atoms with Crippen LogP contribution in [0.3, 0.4) is 0 Å². The van der Waals surface area contributed by atoms with Crippen molar-refractivity contribution < 1.29 is 24.5 Å². The number of hydrogen-bond acceptors (Lipinski definition) is 5. The first-order valence-corrected chi connectivity index (χ1v) is 35.4. The highest BCUT2D eigenvalue weighted by Gasteiger charge is 2.20. The molecule has 77 heavy (non-hydrogen) atoms. The average molecular weight is 1090 g/mol. The summed E-state index contributed by atoms with van der Waals surface area (Å²) in [5, 5.41) is 23.4. The number of allylic oxidation sites excluding steroid dienone is 2. The molecular formula is C71H139NO5. The summed E-state index contributed by atoms with van der Waals surface area (Å²) in [5.41, 5.74) is 0. The zero-order valence-corrected chi connectivity index (χ0v) is 52.5. The highest BCUT2D eigenvalue weighted by molar-refractivity contribution is 5.76. The normalized spacial score (nSPS) is 12.5. The molecule has 1 amide bonds. The summed E-state index contributed by atoms with van der Waals surface area (Å²) in [6.07, 6.45) is 82.5. The molecule has 0 aliphatic carbocycles. The minimum absolute atomic E-state index is 0.0175. The molecule has 3 N–H and O–H groups in total. The Morgan fingerprint density at radius 1 is 0.351 bits per heavy atom. The van der Waals surface area contributed by atoms with Crippen LogP contribution in [0.15, 0.2) is 12.2 Å². The largest absolute Gasteiger partial charge is 0.466 e. The van der Waals surface area contributed by atoms with Crippen LogP contribution >= 0.6 is 0 Å². The van der Waals surface area contributed by atoms with Crippen molar-refractivity contribution in [3.8, 4) is 0 Å². The van der Waals surface area contributed by atoms with Gasteiger partial charge in [-0.2, -0.15) is 0 Å². The number of aliphatic hydroxyl groups excluding tert-OH is 2. The fraction of sp³-hybridized carbons (Fsp3) is 0.944. The van der Waals surface area contributed by atoms with Gasteiger partial charge in [-0.05, 0) is 51.4 Å². The molecule has 0 aromatic rings. The summed E-state index contributed by atoms with van der Waals surface area (Å²) in [6, 6.07) is -0.546. The predicted octanol–water partition coefficient (Wildman–Crippen LogP) is 22.8. The molecule has 0 saturated heterocycles. The fourth-order valence-corrected chi connectivity index (χ4v) is 11.4. The van der Waals surface area contributed by atoms with E-state index in [1.165, 1.54) is 334 Å². The van der Waals surface area contributed by atoms with E-state index in [9.17, 15) is 19.8 Å². The molecule has 0 aliphatic heterocycles. The fourth-order valence-electron chi connectivity index (χ4n) is 11.4. The second kappa shape index (κ2) is 67.1. The van der Waals surface area contributed by atoms with E-state index in [-0.39, 0.29) is 18.5 Å². The second-order valence-electron chi connectivity index (χ2n) is 24.6. The molecule has 6 nitrogen and oxygen atoms in total. The lowest BCUT2D eigenvalue weighted by Crippen LogP contribution is -2.45. The number of amides is 1. The van der Waals surface area contributed by atoms with Crippen LogP contribution in [-0.4, -0.2) is 47.4 Å². The number of aliphatic hydroxyl groups is 2. The lowest BCUT2D eigenvalue weighted by atomic mass is 10.0. The Labute approximate surface area is 482 Å². The summed E-state index contributed by atoms with van der Waals surface area (Å²) in [4.78, 5) is 24.6. The molecule has 0 spiro atoms. The average Bonchev–Trinajstić information content (AvgIpc) is 3.43. The zero-order chi connectivity index (χ0) is 55.7. The van der Waals surface area contributed by atoms with Gasteiger partial charge in [-0.25, -0.2) is 0 Å². The van der Waals surface area contributed by atoms with Gasteiger partial charge in [0.25, 0.3) is 0 Å². The van der Waals surface area contributed by atoms with Crippen LogP contribution in [0.25, 0.3) is 0 Å². The highest BCUT2D eigenvalue weighted by atomic mass is 16.5. The predicted molar refractivity (Wildman–Crippen MR) is 338 cm³/mol. The quantitative estimate of drug-likeness (QED) is 0.0320. The van der Waals surface area contributed by atoms with E-state index in [0.29, 0.717) is 25.9 Å². The van der Waals surface area contributed by atoms with E-state index in [4.69, 9.17) is 4.74 Å². The minimum atomic E-state index is -0.668. The SMILES string of the molecule is CCCCCCCCCCCCCCCCCCCCCC(=O)OCCCCCCCCCCCCCC/C=C\CCCCCCCCCC(=O)NC(CO)C(O)CCCCCCCCCCCCCCCCCCCC. The van der Waals surface area contributed by atoms with E-state index in [0.717, 1.165) is 38.5 Å². The first-order chi connectivity index (χ1) is 38.0. The Bertz CT molecular complexity index is 1160. The maximum atomic E-state index is 12.5. The van der Waals surface area contributed by atoms with Gasteiger partial charge in [-0.1, -0.05) is 353 Å². The number of unbranched alkanes of at least 4 members (excludes halogenated alkanes) is 54. The Balaban J connectivity index is 3.38. The van der Waals surface area contributed by atoms with Crippen LogP contribution in [0.4, 0.5) is 0 Å². The standard InChI is InChI=1S/C71H139NO5/c1-3-5-7-9-11-13-15-17-19-21-28-33-37-41-45-49-53-57-61-65-71(76)77-66-62-58-54-50-46-42-38-34-30-27-25-23-24-26-29-32-36-40-44-48-52-56-60-64-70(75)72-68(67-73)69(74)63-59-55-51-47-43-39-35-31-22-20-18-16-14-12-10-8-6-4-2/h26,29,68-69,73-74H,3-25,27-28,30-67H2,1-2H3,(H,72,75)/b29-26-. The van der Waals surface area contributed by atoms with Gasteiger partial charge in [0, 0.05) is 12.8 Å². The van der Waals surface area contributed by atoms with Gasteiger partial charge in [0.15, 0.2) is 0 Å². The Morgan fingerprint density at radius 3 is 0.922 bits per heavy atom. The van der Waals surface area contributed by atoms with Crippen molar-refractivity contribution in [2.75, 3.05) is 13.2 Å². The van der Waals surface area contributed by atoms with Gasteiger partial charge >= 0.3 is 5.97 Å². The van der Waals surface area contributed by atoms with Crippen molar-refractivity contribution in [1.29, 1.82) is 0 Å². The molecule has 0 aromatic carbocycles. The lowest BCUT2D eigenvalue weighted by molar-refractivity contribution is -0.143. The van der Waals surface area contributed by atoms with Crippen LogP contribution < -0.4 is 5.32 Å². The van der Waals surface area contributed by atoms with E-state index in [1.807, 2.05) is 0 Å². The van der Waals surface area contributed by atoms with Crippen molar-refractivity contribution in [1.82, 2.24) is 5.32 Å². The van der Waals surface area contributed by atoms with Gasteiger partial charge in [-0.15, -0.1) is 0 Å². The van der Waals surface area contributed by atoms with E-state index in [2.05, 4.69) is 31.3 Å². The summed E-state index contributed by atoms with van der Waals surface area (Å²) < 4.78 is 5.51. The number of hydrogen-bond donors (Lipinski definition) is 3. The summed E-state index contributed by atoms with van der Waals surface area (Å²) in [5.74, 6) is -0.0197. The Hall–Kier alpha value is -1.40. The zero-order valence-electron chi connectivity index (χ0n) is 52.5. The topological polar surface area (TPSA) is 95.9 Å². The number of esters is 1. The number of carbonyl (C=O) groups excluding carboxylic acids is 2. The molecule has 0 saturated carbocycles. The van der Waals surface area contributed by atoms with Crippen LogP contribution in [0.2, 0.25) is 0 Å². The maximum Gasteiger partial charge on any atom is 0.305 e. The molecule has 2 atom stereocenters. The molecule has 0 bridgehead atoms. The molecule has 0 fully saturated rings. The van der Waals surface area contributed by atoms with Crippen molar-refractivity contribution in [3.05, 3.63) is 12.2 Å². The lowest BCUT2D eigenvalue weighted by Gasteiger charge is -2.22.